The van der Waals surface area contributed by atoms with E-state index in [9.17, 15) is 9.70 Å². The van der Waals surface area contributed by atoms with E-state index < -0.39 is 5.91 Å². The minimum atomic E-state index is -0.473. The molecule has 0 radical (unpaired) electrons. The fraction of sp³-hybridized carbons (Fsp3) is 0.111. The molecule has 1 rings (SSSR count). The number of aryl methyl sites for hydroxylation is 1. The molecule has 0 aliphatic heterocycles. The summed E-state index contributed by atoms with van der Waals surface area (Å²) in [6.45, 7) is 1.87. The Morgan fingerprint density at radius 3 is 2.79 bits per heavy atom. The zero-order valence-corrected chi connectivity index (χ0v) is 7.60. The normalized spacial score (nSPS) is 10.1. The van der Waals surface area contributed by atoms with Crippen molar-refractivity contribution in [3.63, 3.8) is 0 Å². The minimum Gasteiger partial charge on any atom is -0.321 e. The molecule has 0 fully saturated rings. The average molecular weight is 191 g/mol. The van der Waals surface area contributed by atoms with E-state index in [0.29, 0.717) is 5.69 Å². The van der Waals surface area contributed by atoms with Crippen molar-refractivity contribution in [2.24, 2.45) is 10.4 Å². The molecule has 0 bridgehead atoms. The lowest BCUT2D eigenvalue weighted by molar-refractivity contribution is -0.110. The molecule has 14 heavy (non-hydrogen) atoms. The molecule has 1 amide bonds. The lowest BCUT2D eigenvalue weighted by atomic mass is 10.2. The van der Waals surface area contributed by atoms with Gasteiger partial charge in [-0.15, -0.1) is 10.0 Å². The molecule has 72 valence electrons. The van der Waals surface area contributed by atoms with E-state index in [-0.39, 0.29) is 0 Å². The van der Waals surface area contributed by atoms with Gasteiger partial charge in [0.1, 0.15) is 6.21 Å². The first kappa shape index (κ1) is 10.0. The van der Waals surface area contributed by atoms with Crippen LogP contribution >= 0.6 is 0 Å². The van der Waals surface area contributed by atoms with E-state index in [0.717, 1.165) is 11.8 Å². The van der Waals surface area contributed by atoms with Crippen molar-refractivity contribution in [1.82, 2.24) is 0 Å². The summed E-state index contributed by atoms with van der Waals surface area (Å²) in [4.78, 5) is 20.7. The first-order valence-electron chi connectivity index (χ1n) is 3.96. The van der Waals surface area contributed by atoms with Gasteiger partial charge in [-0.2, -0.15) is 0 Å². The maximum absolute atomic E-state index is 11.1. The Bertz CT molecular complexity index is 374. The van der Waals surface area contributed by atoms with Crippen LogP contribution in [-0.4, -0.2) is 12.1 Å². The van der Waals surface area contributed by atoms with Gasteiger partial charge in [0, 0.05) is 5.69 Å². The maximum Gasteiger partial charge on any atom is 0.268 e. The number of nitrogens with zero attached hydrogens (tertiary/aromatic N) is 2. The van der Waals surface area contributed by atoms with Gasteiger partial charge in [0.15, 0.2) is 0 Å². The molecule has 1 aromatic rings. The Labute approximate surface area is 80.8 Å². The zero-order chi connectivity index (χ0) is 10.4. The van der Waals surface area contributed by atoms with Gasteiger partial charge in [-0.05, 0) is 18.6 Å². The van der Waals surface area contributed by atoms with Crippen molar-refractivity contribution in [1.29, 1.82) is 0 Å². The topological polar surface area (TPSA) is 70.9 Å². The molecule has 0 atom stereocenters. The minimum absolute atomic E-state index is 0.473. The summed E-state index contributed by atoms with van der Waals surface area (Å²) in [6.07, 6.45) is 0.833. The highest BCUT2D eigenvalue weighted by Gasteiger charge is 2.00. The van der Waals surface area contributed by atoms with Crippen molar-refractivity contribution < 1.29 is 4.79 Å². The van der Waals surface area contributed by atoms with Crippen LogP contribution in [0.1, 0.15) is 5.56 Å². The summed E-state index contributed by atoms with van der Waals surface area (Å²) in [5.74, 6) is -0.473. The van der Waals surface area contributed by atoms with Crippen LogP contribution in [0.15, 0.2) is 34.7 Å². The Kier molecular flexibility index (Phi) is 3.49. The summed E-state index contributed by atoms with van der Waals surface area (Å²) in [7, 11) is 0. The number of benzene rings is 1. The molecule has 0 aromatic heterocycles. The Balaban J connectivity index is 2.69. The fourth-order valence-electron chi connectivity index (χ4n) is 0.954. The highest BCUT2D eigenvalue weighted by atomic mass is 16.3. The summed E-state index contributed by atoms with van der Waals surface area (Å²) < 4.78 is 0. The lowest BCUT2D eigenvalue weighted by Crippen LogP contribution is -2.13. The van der Waals surface area contributed by atoms with Gasteiger partial charge < -0.3 is 5.32 Å². The monoisotopic (exact) mass is 191 g/mol. The van der Waals surface area contributed by atoms with E-state index in [1.165, 1.54) is 0 Å². The third-order valence-electron chi connectivity index (χ3n) is 1.63. The summed E-state index contributed by atoms with van der Waals surface area (Å²) in [5, 5.41) is 7.69. The number of carbonyl (C=O) groups is 1. The van der Waals surface area contributed by atoms with E-state index in [2.05, 4.69) is 15.7 Å². The van der Waals surface area contributed by atoms with Crippen LogP contribution in [0.2, 0.25) is 0 Å². The van der Waals surface area contributed by atoms with Gasteiger partial charge in [0.25, 0.3) is 5.91 Å². The van der Waals surface area contributed by atoms with Crippen molar-refractivity contribution in [2.75, 3.05) is 5.32 Å². The number of nitroso groups, excluding NO2 is 1. The van der Waals surface area contributed by atoms with Crippen molar-refractivity contribution >= 4 is 17.8 Å². The van der Waals surface area contributed by atoms with Gasteiger partial charge in [-0.3, -0.25) is 4.79 Å². The molecule has 0 spiro atoms. The first-order valence-corrected chi connectivity index (χ1v) is 3.96. The lowest BCUT2D eigenvalue weighted by Gasteiger charge is -2.04. The number of para-hydroxylation sites is 1. The maximum atomic E-state index is 11.1. The van der Waals surface area contributed by atoms with Crippen LogP contribution in [0.4, 0.5) is 5.69 Å². The second-order valence-electron chi connectivity index (χ2n) is 2.63. The predicted molar refractivity (Wildman–Crippen MR) is 54.1 cm³/mol. The van der Waals surface area contributed by atoms with Crippen LogP contribution in [0, 0.1) is 11.8 Å². The second-order valence-corrected chi connectivity index (χ2v) is 2.63. The van der Waals surface area contributed by atoms with E-state index >= 15 is 0 Å². The van der Waals surface area contributed by atoms with Gasteiger partial charge in [0.2, 0.25) is 0 Å². The Morgan fingerprint density at radius 2 is 2.14 bits per heavy atom. The molecule has 0 heterocycles. The zero-order valence-electron chi connectivity index (χ0n) is 7.60. The SMILES string of the molecule is Cc1ccccc1NC(=O)/C=N/N=O. The molecule has 1 aromatic carbocycles. The molecule has 5 heteroatoms. The van der Waals surface area contributed by atoms with Gasteiger partial charge >= 0.3 is 0 Å². The van der Waals surface area contributed by atoms with Crippen molar-refractivity contribution in [3.05, 3.63) is 34.7 Å². The van der Waals surface area contributed by atoms with Gasteiger partial charge in [-0.1, -0.05) is 18.2 Å². The molecule has 1 N–H and O–H groups in total. The summed E-state index contributed by atoms with van der Waals surface area (Å²) in [5.41, 5.74) is 1.63. The molecule has 0 aliphatic rings. The van der Waals surface area contributed by atoms with Crippen LogP contribution in [-0.2, 0) is 4.79 Å². The smallest absolute Gasteiger partial charge is 0.268 e. The molecule has 0 unspecified atom stereocenters. The third kappa shape index (κ3) is 2.78. The second kappa shape index (κ2) is 4.86. The quantitative estimate of drug-likeness (QED) is 0.448. The number of carbonyl (C=O) groups excluding carboxylic acids is 1. The fourth-order valence-corrected chi connectivity index (χ4v) is 0.954. The average Bonchev–Trinajstić information content (AvgIpc) is 2.18. The number of rotatable bonds is 3. The predicted octanol–water partition coefficient (Wildman–Crippen LogP) is 1.69. The van der Waals surface area contributed by atoms with Crippen LogP contribution in [0.3, 0.4) is 0 Å². The standard InChI is InChI=1S/C9H9N3O2/c1-7-4-2-3-5-8(7)11-9(13)6-10-12-14/h2-6H,1H3,(H,11,13)/b10-6+. The highest BCUT2D eigenvalue weighted by Crippen LogP contribution is 2.12. The number of hydrogen-bond acceptors (Lipinski definition) is 3. The molecule has 5 nitrogen and oxygen atoms in total. The van der Waals surface area contributed by atoms with Crippen LogP contribution in [0.25, 0.3) is 0 Å². The van der Waals surface area contributed by atoms with E-state index in [1.807, 2.05) is 19.1 Å². The van der Waals surface area contributed by atoms with Gasteiger partial charge in [-0.25, -0.2) is 0 Å². The molecule has 0 saturated carbocycles. The number of hydrogen-bond donors (Lipinski definition) is 1. The molecule has 0 saturated heterocycles. The third-order valence-corrected chi connectivity index (χ3v) is 1.63. The van der Waals surface area contributed by atoms with Gasteiger partial charge in [0.05, 0.1) is 5.29 Å². The molecule has 0 aliphatic carbocycles. The first-order chi connectivity index (χ1) is 6.74. The summed E-state index contributed by atoms with van der Waals surface area (Å²) in [6, 6.07) is 7.30. The number of nitrogens with one attached hydrogen (secondary N) is 1. The van der Waals surface area contributed by atoms with Crippen molar-refractivity contribution in [3.8, 4) is 0 Å². The highest BCUT2D eigenvalue weighted by molar-refractivity contribution is 6.31. The Morgan fingerprint density at radius 1 is 1.43 bits per heavy atom. The molecular weight excluding hydrogens is 182 g/mol. The van der Waals surface area contributed by atoms with Crippen molar-refractivity contribution in [2.45, 2.75) is 6.92 Å². The number of amides is 1. The number of anilines is 1. The van der Waals surface area contributed by atoms with E-state index in [1.54, 1.807) is 12.1 Å². The molecular formula is C9H9N3O2. The van der Waals surface area contributed by atoms with Crippen LogP contribution in [0.5, 0.6) is 0 Å². The van der Waals surface area contributed by atoms with E-state index in [4.69, 9.17) is 0 Å². The van der Waals surface area contributed by atoms with Crippen LogP contribution < -0.4 is 5.32 Å². The summed E-state index contributed by atoms with van der Waals surface area (Å²) >= 11 is 0. The Hall–Kier alpha value is -2.04. The largest absolute Gasteiger partial charge is 0.321 e.